The van der Waals surface area contributed by atoms with Crippen molar-refractivity contribution in [2.24, 2.45) is 0 Å². The lowest BCUT2D eigenvalue weighted by atomic mass is 10.0. The molecule has 0 fully saturated rings. The summed E-state index contributed by atoms with van der Waals surface area (Å²) in [7, 11) is 5.67. The van der Waals surface area contributed by atoms with Crippen molar-refractivity contribution in [3.8, 4) is 0 Å². The lowest BCUT2D eigenvalue weighted by Gasteiger charge is -2.03. The molecule has 0 aliphatic carbocycles. The van der Waals surface area contributed by atoms with Gasteiger partial charge in [-0.2, -0.15) is 0 Å². The van der Waals surface area contributed by atoms with E-state index in [0.29, 0.717) is 0 Å². The molecular weight excluding hydrogens is 374 g/mol. The molecule has 0 amide bonds. The van der Waals surface area contributed by atoms with Crippen LogP contribution in [0.4, 0.5) is 0 Å². The summed E-state index contributed by atoms with van der Waals surface area (Å²) >= 11 is -0.312. The zero-order chi connectivity index (χ0) is 19.8. The number of hydrogen-bond acceptors (Lipinski definition) is 1. The van der Waals surface area contributed by atoms with E-state index in [0.717, 1.165) is 11.0 Å². The Bertz CT molecular complexity index is 356. The Labute approximate surface area is 190 Å². The van der Waals surface area contributed by atoms with Crippen molar-refractivity contribution in [2.75, 3.05) is 0 Å². The lowest BCUT2D eigenvalue weighted by Crippen LogP contribution is -1.86. The van der Waals surface area contributed by atoms with Crippen molar-refractivity contribution in [2.45, 2.75) is 114 Å². The third-order valence-corrected chi connectivity index (χ3v) is 6.41. The number of rotatable bonds is 17. The van der Waals surface area contributed by atoms with Crippen LogP contribution in [-0.4, -0.2) is 19.3 Å². The quantitative estimate of drug-likeness (QED) is 0.197. The van der Waals surface area contributed by atoms with E-state index in [4.69, 9.17) is 9.07 Å². The van der Waals surface area contributed by atoms with E-state index in [1.54, 1.807) is 0 Å². The van der Waals surface area contributed by atoms with Gasteiger partial charge in [0.05, 0.1) is 0 Å². The van der Waals surface area contributed by atoms with Crippen molar-refractivity contribution in [3.05, 3.63) is 42.8 Å². The van der Waals surface area contributed by atoms with Gasteiger partial charge < -0.3 is 15.2 Å². The molecule has 1 aromatic rings. The van der Waals surface area contributed by atoms with E-state index in [2.05, 4.69) is 38.1 Å². The molecule has 161 valence electrons. The van der Waals surface area contributed by atoms with Crippen LogP contribution in [0.5, 0.6) is 0 Å². The topological polar surface area (TPSA) is 35.0 Å². The Kier molecular flexibility index (Phi) is 29.6. The second-order valence-corrected chi connectivity index (χ2v) is 9.74. The first kappa shape index (κ1) is 30.4. The zero-order valence-corrected chi connectivity index (χ0v) is 21.1. The third kappa shape index (κ3) is 24.3. The highest BCUT2D eigenvalue weighted by Gasteiger charge is 1.94. The average Bonchev–Trinajstić information content (AvgIpc) is 2.70. The Morgan fingerprint density at radius 2 is 1.07 bits per heavy atom. The van der Waals surface area contributed by atoms with Gasteiger partial charge in [-0.3, -0.25) is 0 Å². The molecular formula is C25H47ClMgN. The maximum Gasteiger partial charge on any atom is 0.505 e. The van der Waals surface area contributed by atoms with E-state index in [9.17, 15) is 0 Å². The molecule has 0 saturated carbocycles. The predicted octanol–water partition coefficient (Wildman–Crippen LogP) is 9.29. The van der Waals surface area contributed by atoms with Crippen molar-refractivity contribution in [3.63, 3.8) is 0 Å². The van der Waals surface area contributed by atoms with Gasteiger partial charge in [0.2, 0.25) is 0 Å². The lowest BCUT2D eigenvalue weighted by molar-refractivity contribution is 0.533. The largest absolute Gasteiger partial charge is 0.505 e. The van der Waals surface area contributed by atoms with Gasteiger partial charge in [0.15, 0.2) is 0 Å². The number of halogens is 1. The van der Waals surface area contributed by atoms with Gasteiger partial charge in [-0.1, -0.05) is 157 Å². The highest BCUT2D eigenvalue weighted by atomic mass is 35.5. The summed E-state index contributed by atoms with van der Waals surface area (Å²) in [6.07, 6.45) is 22.8. The number of unbranched alkanes of at least 4 members (excludes halogenated alkanes) is 15. The molecule has 0 bridgehead atoms. The Morgan fingerprint density at radius 3 is 1.43 bits per heavy atom. The van der Waals surface area contributed by atoms with Gasteiger partial charge in [-0.25, -0.2) is 0 Å². The van der Waals surface area contributed by atoms with Crippen molar-refractivity contribution < 1.29 is 0 Å². The fourth-order valence-corrected chi connectivity index (χ4v) is 4.51. The van der Waals surface area contributed by atoms with Gasteiger partial charge in [-0.05, 0) is 0 Å². The summed E-state index contributed by atoms with van der Waals surface area (Å²) in [5.74, 6) is 0. The second-order valence-electron chi connectivity index (χ2n) is 7.73. The van der Waals surface area contributed by atoms with Crippen LogP contribution >= 0.6 is 9.07 Å². The summed E-state index contributed by atoms with van der Waals surface area (Å²) in [6.45, 7) is 6.18. The first-order chi connectivity index (χ1) is 13.3. The summed E-state index contributed by atoms with van der Waals surface area (Å²) in [4.78, 5) is 0. The molecule has 3 heteroatoms. The number of hydrogen-bond donors (Lipinski definition) is 1. The Morgan fingerprint density at radius 1 is 0.679 bits per heavy atom. The molecule has 0 spiro atoms. The van der Waals surface area contributed by atoms with Gasteiger partial charge in [0.1, 0.15) is 0 Å². The molecule has 1 radical (unpaired) electrons. The van der Waals surface area contributed by atoms with Gasteiger partial charge in [0, 0.05) is 0 Å². The molecule has 0 unspecified atom stereocenters. The Balaban J connectivity index is 0. The van der Waals surface area contributed by atoms with E-state index < -0.39 is 0 Å². The van der Waals surface area contributed by atoms with Gasteiger partial charge >= 0.3 is 19.3 Å². The van der Waals surface area contributed by atoms with Crippen LogP contribution in [-0.2, 0) is 4.55 Å². The van der Waals surface area contributed by atoms with Crippen LogP contribution in [0, 0.1) is 6.92 Å². The molecule has 0 aromatic heterocycles. The highest BCUT2D eigenvalue weighted by Crippen LogP contribution is 2.13. The summed E-state index contributed by atoms with van der Waals surface area (Å²) in [5.41, 5.74) is 1.37. The van der Waals surface area contributed by atoms with Crippen LogP contribution in [0.15, 0.2) is 30.3 Å². The van der Waals surface area contributed by atoms with Gasteiger partial charge in [0.25, 0.3) is 0 Å². The summed E-state index contributed by atoms with van der Waals surface area (Å²) < 4.78 is 1.11. The molecule has 0 heterocycles. The standard InChI is InChI=1S/C18H37.C7H7.ClH.Mg.H3N/c1-3-5-7-9-11-13-15-17-18-16-14-12-10-8-6-4-2;1-7-5-3-2-4-6-7;;;/h1,3-18H2,2H3;2-6H,1H2;1H;;1H3/q;;;+1;/p-1. The smallest absolute Gasteiger partial charge is 0.345 e. The minimum absolute atomic E-state index is 0. The molecule has 1 rings (SSSR count). The third-order valence-electron chi connectivity index (χ3n) is 5.08. The monoisotopic (exact) mass is 420 g/mol. The van der Waals surface area contributed by atoms with E-state index in [1.165, 1.54) is 102 Å². The molecule has 0 aliphatic heterocycles. The molecule has 1 aromatic carbocycles. The van der Waals surface area contributed by atoms with E-state index >= 15 is 0 Å². The van der Waals surface area contributed by atoms with Gasteiger partial charge in [-0.15, -0.1) is 0 Å². The minimum Gasteiger partial charge on any atom is -0.345 e. The first-order valence-electron chi connectivity index (χ1n) is 11.7. The van der Waals surface area contributed by atoms with Crippen LogP contribution < -0.4 is 6.15 Å². The van der Waals surface area contributed by atoms with Crippen molar-refractivity contribution in [1.82, 2.24) is 6.15 Å². The average molecular weight is 421 g/mol. The molecule has 1 nitrogen and oxygen atoms in total. The molecule has 0 saturated heterocycles. The van der Waals surface area contributed by atoms with E-state index in [1.807, 2.05) is 6.07 Å². The maximum atomic E-state index is 5.67. The highest BCUT2D eigenvalue weighted by molar-refractivity contribution is 6.93. The zero-order valence-electron chi connectivity index (χ0n) is 18.9. The predicted molar refractivity (Wildman–Crippen MR) is 132 cm³/mol. The van der Waals surface area contributed by atoms with E-state index in [-0.39, 0.29) is 25.4 Å². The summed E-state index contributed by atoms with van der Waals surface area (Å²) in [5, 5.41) is 0. The van der Waals surface area contributed by atoms with Crippen molar-refractivity contribution in [1.29, 1.82) is 0 Å². The fourth-order valence-electron chi connectivity index (χ4n) is 3.30. The van der Waals surface area contributed by atoms with Crippen LogP contribution in [0.1, 0.15) is 115 Å². The summed E-state index contributed by atoms with van der Waals surface area (Å²) in [6, 6.07) is 10.4. The normalized spacial score (nSPS) is 9.82. The second kappa shape index (κ2) is 27.2. The minimum atomic E-state index is -0.312. The molecule has 0 aliphatic rings. The molecule has 28 heavy (non-hydrogen) atoms. The maximum absolute atomic E-state index is 5.67. The molecule has 0 atom stereocenters. The van der Waals surface area contributed by atoms with Crippen LogP contribution in [0.2, 0.25) is 0 Å². The SMILES string of the molecule is N.[CH2]CCCCCCCCCCCCCCCCC.[Cl][Mg][CH2]c1ccccc1. The number of benzene rings is 1. The van der Waals surface area contributed by atoms with Crippen LogP contribution in [0.25, 0.3) is 0 Å². The van der Waals surface area contributed by atoms with Crippen LogP contribution in [0.3, 0.4) is 0 Å². The van der Waals surface area contributed by atoms with Crippen molar-refractivity contribution >= 4 is 28.3 Å². The molecule has 3 N–H and O–H groups in total. The first-order valence-corrected chi connectivity index (χ1v) is 14.9. The fraction of sp³-hybridized carbons (Fsp3) is 0.720. The Hall–Kier alpha value is 0.236.